The molecule has 1 unspecified atom stereocenters. The fraction of sp³-hybridized carbons (Fsp3) is 0.938. The molecule has 0 fully saturated rings. The van der Waals surface area contributed by atoms with E-state index in [4.69, 9.17) is 0 Å². The zero-order chi connectivity index (χ0) is 30.1. The monoisotopic (exact) mass is 608 g/mol. The molecule has 1 atom stereocenters. The second kappa shape index (κ2) is 32.6. The Kier molecular flexibility index (Phi) is 38.3. The van der Waals surface area contributed by atoms with Crippen molar-refractivity contribution in [3.05, 3.63) is 0 Å². The average molecular weight is 609 g/mol. The molecule has 0 heterocycles. The summed E-state index contributed by atoms with van der Waals surface area (Å²) < 4.78 is 35.7. The van der Waals surface area contributed by atoms with Gasteiger partial charge in [-0.2, -0.15) is 0 Å². The summed E-state index contributed by atoms with van der Waals surface area (Å²) in [6.45, 7) is 4.41. The molecule has 43 heavy (non-hydrogen) atoms. The Labute approximate surface area is 300 Å². The summed E-state index contributed by atoms with van der Waals surface area (Å²) in [7, 11) is -5.43. The largest absolute Gasteiger partial charge is 1.00 e. The second-order valence-electron chi connectivity index (χ2n) is 11.9. The molecular weight excluding hydrogens is 549 g/mol. The first-order valence-corrected chi connectivity index (χ1v) is 18.0. The van der Waals surface area contributed by atoms with Gasteiger partial charge in [0.15, 0.2) is 0 Å². The third kappa shape index (κ3) is 25.4. The third-order valence-electron chi connectivity index (χ3n) is 8.36. The van der Waals surface area contributed by atoms with Gasteiger partial charge in [-0.3, -0.25) is 0 Å². The summed E-state index contributed by atoms with van der Waals surface area (Å²) >= 11 is 0. The molecule has 0 saturated carbocycles. The number of carboxylic acids is 2. The van der Waals surface area contributed by atoms with Gasteiger partial charge < -0.3 is 24.4 Å². The van der Waals surface area contributed by atoms with Crippen molar-refractivity contribution in [2.45, 2.75) is 186 Å². The molecule has 0 saturated heterocycles. The minimum absolute atomic E-state index is 0. The van der Waals surface area contributed by atoms with Crippen molar-refractivity contribution in [1.29, 1.82) is 0 Å². The number of hydrogen-bond acceptors (Lipinski definition) is 7. The van der Waals surface area contributed by atoms with Crippen LogP contribution in [0.4, 0.5) is 0 Å². The molecule has 11 heteroatoms. The first kappa shape index (κ1) is 50.5. The zero-order valence-corrected chi connectivity index (χ0v) is 29.5. The van der Waals surface area contributed by atoms with Gasteiger partial charge >= 0.3 is 56.6 Å². The Hall–Kier alpha value is 0.642. The van der Waals surface area contributed by atoms with Crippen LogP contribution in [0.2, 0.25) is 0 Å². The summed E-state index contributed by atoms with van der Waals surface area (Å²) in [5, 5.41) is 21.4. The number of unbranched alkanes of at least 4 members (excludes halogenated alkanes) is 22. The number of carboxylic acid groups (broad SMARTS) is 2. The van der Waals surface area contributed by atoms with Crippen LogP contribution in [-0.2, 0) is 19.7 Å². The van der Waals surface area contributed by atoms with Crippen molar-refractivity contribution in [3.8, 4) is 0 Å². The van der Waals surface area contributed by atoms with E-state index in [1.807, 2.05) is 0 Å². The minimum Gasteiger partial charge on any atom is -0.747 e. The minimum atomic E-state index is -5.43. The molecule has 0 aromatic heterocycles. The van der Waals surface area contributed by atoms with Crippen molar-refractivity contribution in [2.75, 3.05) is 0 Å². The molecule has 0 spiro atoms. The molecule has 238 valence electrons. The van der Waals surface area contributed by atoms with Crippen molar-refractivity contribution in [2.24, 2.45) is 5.41 Å². The Morgan fingerprint density at radius 2 is 0.744 bits per heavy atom. The van der Waals surface area contributed by atoms with Crippen LogP contribution in [0.15, 0.2) is 0 Å². The van der Waals surface area contributed by atoms with Crippen LogP contribution in [-0.4, -0.2) is 30.2 Å². The fourth-order valence-corrected chi connectivity index (χ4v) is 7.00. The number of aliphatic carboxylic acids is 2. The number of carbonyl (C=O) groups excluding carboxylic acids is 2. The van der Waals surface area contributed by atoms with Crippen molar-refractivity contribution in [1.82, 2.24) is 0 Å². The Bertz CT molecular complexity index is 723. The zero-order valence-electron chi connectivity index (χ0n) is 28.7. The van der Waals surface area contributed by atoms with Crippen molar-refractivity contribution in [3.63, 3.8) is 0 Å². The van der Waals surface area contributed by atoms with Gasteiger partial charge in [0.25, 0.3) is 0 Å². The van der Waals surface area contributed by atoms with E-state index in [1.54, 1.807) is 0 Å². The molecule has 0 aliphatic heterocycles. The molecule has 0 rings (SSSR count). The van der Waals surface area contributed by atoms with Gasteiger partial charge in [0, 0.05) is 11.4 Å². The van der Waals surface area contributed by atoms with E-state index in [0.717, 1.165) is 51.4 Å². The van der Waals surface area contributed by atoms with E-state index in [1.165, 1.54) is 77.0 Å². The van der Waals surface area contributed by atoms with Crippen LogP contribution in [0.5, 0.6) is 0 Å². The molecular formula is C32H59Li3O7S. The van der Waals surface area contributed by atoms with E-state index in [0.29, 0.717) is 25.7 Å². The van der Waals surface area contributed by atoms with E-state index in [9.17, 15) is 32.8 Å². The van der Waals surface area contributed by atoms with E-state index in [-0.39, 0.29) is 69.4 Å². The predicted octanol–water partition coefficient (Wildman–Crippen LogP) is -2.42. The Morgan fingerprint density at radius 1 is 0.512 bits per heavy atom. The third-order valence-corrected chi connectivity index (χ3v) is 9.59. The summed E-state index contributed by atoms with van der Waals surface area (Å²) in [6, 6.07) is 0. The standard InChI is InChI=1S/C32H62O7S.3Li/c1-3-5-7-9-11-13-15-17-19-21-23-25-27-32(31(35)36,29(30(33)34)40(37,38)39)28-26-24-22-20-18-16-14-12-10-8-6-4-2;;;/h29H,3-28H2,1-2H3,(H,33,34)(H,35,36)(H,37,38,39);;;/q;3*+1/p-3. The molecule has 0 radical (unpaired) electrons. The van der Waals surface area contributed by atoms with E-state index in [2.05, 4.69) is 13.8 Å². The topological polar surface area (TPSA) is 137 Å². The van der Waals surface area contributed by atoms with Crippen LogP contribution in [0.25, 0.3) is 0 Å². The molecule has 0 aromatic carbocycles. The number of rotatable bonds is 30. The van der Waals surface area contributed by atoms with Gasteiger partial charge in [-0.05, 0) is 12.8 Å². The van der Waals surface area contributed by atoms with Crippen LogP contribution in [0, 0.1) is 5.41 Å². The van der Waals surface area contributed by atoms with Gasteiger partial charge in [0.1, 0.15) is 10.1 Å². The van der Waals surface area contributed by atoms with Gasteiger partial charge in [-0.25, -0.2) is 8.42 Å². The predicted molar refractivity (Wildman–Crippen MR) is 157 cm³/mol. The Morgan fingerprint density at radius 3 is 0.930 bits per heavy atom. The molecule has 0 bridgehead atoms. The summed E-state index contributed by atoms with van der Waals surface area (Å²) in [5.41, 5.74) is -2.25. The quantitative estimate of drug-likeness (QED) is 0.0503. The first-order chi connectivity index (χ1) is 19.1. The molecule has 0 amide bonds. The molecule has 0 aliphatic rings. The number of carbonyl (C=O) groups is 2. The van der Waals surface area contributed by atoms with Crippen LogP contribution < -0.4 is 66.8 Å². The molecule has 0 aliphatic carbocycles. The van der Waals surface area contributed by atoms with Crippen LogP contribution >= 0.6 is 0 Å². The molecule has 7 nitrogen and oxygen atoms in total. The second-order valence-corrected chi connectivity index (χ2v) is 13.4. The van der Waals surface area contributed by atoms with Gasteiger partial charge in [-0.15, -0.1) is 0 Å². The Balaban J connectivity index is -0.00000253. The number of hydrogen-bond donors (Lipinski definition) is 0. The summed E-state index contributed by atoms with van der Waals surface area (Å²) in [6.07, 6.45) is 24.9. The molecule has 0 N–H and O–H groups in total. The summed E-state index contributed by atoms with van der Waals surface area (Å²) in [4.78, 5) is 24.0. The van der Waals surface area contributed by atoms with Crippen molar-refractivity contribution >= 4 is 22.1 Å². The SMILES string of the molecule is CCCCCCCCCCCCCCC(CCCCCCCCCCCCCC)(C(=O)[O-])C(C(=O)[O-])S(=O)(=O)[O-].[Li+].[Li+].[Li+]. The van der Waals surface area contributed by atoms with Gasteiger partial charge in [-0.1, -0.05) is 168 Å². The average Bonchev–Trinajstić information content (AvgIpc) is 2.88. The van der Waals surface area contributed by atoms with Crippen LogP contribution in [0.3, 0.4) is 0 Å². The maximum absolute atomic E-state index is 12.3. The smallest absolute Gasteiger partial charge is 0.747 e. The van der Waals surface area contributed by atoms with Crippen LogP contribution in [0.1, 0.15) is 181 Å². The molecule has 0 aromatic rings. The maximum Gasteiger partial charge on any atom is 1.00 e. The van der Waals surface area contributed by atoms with Crippen molar-refractivity contribution < 1.29 is 89.4 Å². The first-order valence-electron chi connectivity index (χ1n) is 16.5. The fourth-order valence-electron chi connectivity index (χ4n) is 5.88. The maximum atomic E-state index is 12.3. The summed E-state index contributed by atoms with van der Waals surface area (Å²) in [5.74, 6) is -3.91. The normalized spacial score (nSPS) is 12.1. The van der Waals surface area contributed by atoms with Gasteiger partial charge in [0.05, 0.1) is 11.2 Å². The van der Waals surface area contributed by atoms with E-state index >= 15 is 0 Å². The van der Waals surface area contributed by atoms with Gasteiger partial charge in [0.2, 0.25) is 0 Å². The van der Waals surface area contributed by atoms with E-state index < -0.39 is 32.7 Å².